The Labute approximate surface area is 117 Å². The lowest BCUT2D eigenvalue weighted by molar-refractivity contribution is 0.293. The minimum Gasteiger partial charge on any atom is -0.497 e. The van der Waals surface area contributed by atoms with Gasteiger partial charge in [-0.2, -0.15) is 0 Å². The standard InChI is InChI=1S/C14H14N2O2S/c1-17-11-6-4-10(5-7-11)9-18-14-12(13(15)19)3-2-8-16-14/h2-8H,9H2,1H3,(H2,15,19). The molecule has 0 saturated carbocycles. The normalized spacial score (nSPS) is 9.95. The molecular weight excluding hydrogens is 260 g/mol. The number of hydrogen-bond acceptors (Lipinski definition) is 4. The van der Waals surface area contributed by atoms with Crippen molar-refractivity contribution in [3.8, 4) is 11.6 Å². The second-order valence-electron chi connectivity index (χ2n) is 3.86. The van der Waals surface area contributed by atoms with Crippen LogP contribution < -0.4 is 15.2 Å². The summed E-state index contributed by atoms with van der Waals surface area (Å²) in [7, 11) is 1.63. The third-order valence-electron chi connectivity index (χ3n) is 2.57. The maximum atomic E-state index is 5.64. The molecule has 5 heteroatoms. The fraction of sp³-hybridized carbons (Fsp3) is 0.143. The van der Waals surface area contributed by atoms with E-state index in [9.17, 15) is 0 Å². The highest BCUT2D eigenvalue weighted by Gasteiger charge is 2.07. The van der Waals surface area contributed by atoms with Gasteiger partial charge in [0.2, 0.25) is 5.88 Å². The van der Waals surface area contributed by atoms with Gasteiger partial charge in [0.05, 0.1) is 12.7 Å². The summed E-state index contributed by atoms with van der Waals surface area (Å²) in [6.07, 6.45) is 1.64. The van der Waals surface area contributed by atoms with Crippen LogP contribution >= 0.6 is 12.2 Å². The highest BCUT2D eigenvalue weighted by Crippen LogP contribution is 2.17. The van der Waals surface area contributed by atoms with Crippen LogP contribution in [-0.2, 0) is 6.61 Å². The summed E-state index contributed by atoms with van der Waals surface area (Å²) in [6.45, 7) is 0.399. The van der Waals surface area contributed by atoms with Crippen LogP contribution in [0.4, 0.5) is 0 Å². The number of ether oxygens (including phenoxy) is 2. The molecule has 0 aliphatic carbocycles. The number of pyridine rings is 1. The third-order valence-corrected chi connectivity index (χ3v) is 2.79. The number of rotatable bonds is 5. The number of methoxy groups -OCH3 is 1. The predicted molar refractivity (Wildman–Crippen MR) is 77.5 cm³/mol. The number of aromatic nitrogens is 1. The van der Waals surface area contributed by atoms with Crippen LogP contribution in [0.5, 0.6) is 11.6 Å². The molecule has 2 rings (SSSR count). The van der Waals surface area contributed by atoms with E-state index >= 15 is 0 Å². The first-order valence-electron chi connectivity index (χ1n) is 5.71. The van der Waals surface area contributed by atoms with Crippen molar-refractivity contribution < 1.29 is 9.47 Å². The highest BCUT2D eigenvalue weighted by molar-refractivity contribution is 7.80. The number of nitrogens with two attached hydrogens (primary N) is 1. The van der Waals surface area contributed by atoms with Crippen molar-refractivity contribution in [3.63, 3.8) is 0 Å². The van der Waals surface area contributed by atoms with E-state index in [0.29, 0.717) is 18.1 Å². The molecular formula is C14H14N2O2S. The van der Waals surface area contributed by atoms with Crippen LogP contribution in [0, 0.1) is 0 Å². The molecule has 1 heterocycles. The zero-order chi connectivity index (χ0) is 13.7. The van der Waals surface area contributed by atoms with Gasteiger partial charge in [0.1, 0.15) is 17.3 Å². The summed E-state index contributed by atoms with van der Waals surface area (Å²) in [4.78, 5) is 4.41. The monoisotopic (exact) mass is 274 g/mol. The van der Waals surface area contributed by atoms with Gasteiger partial charge >= 0.3 is 0 Å². The summed E-state index contributed by atoms with van der Waals surface area (Å²) in [6, 6.07) is 11.2. The molecule has 2 N–H and O–H groups in total. The molecule has 0 spiro atoms. The maximum Gasteiger partial charge on any atom is 0.224 e. The molecule has 0 fully saturated rings. The minimum absolute atomic E-state index is 0.276. The van der Waals surface area contributed by atoms with Crippen molar-refractivity contribution in [3.05, 3.63) is 53.7 Å². The van der Waals surface area contributed by atoms with Crippen molar-refractivity contribution in [2.75, 3.05) is 7.11 Å². The first-order chi connectivity index (χ1) is 9.20. The van der Waals surface area contributed by atoms with E-state index < -0.39 is 0 Å². The Morgan fingerprint density at radius 1 is 1.26 bits per heavy atom. The Hall–Kier alpha value is -2.14. The first-order valence-corrected chi connectivity index (χ1v) is 6.12. The topological polar surface area (TPSA) is 57.4 Å². The van der Waals surface area contributed by atoms with E-state index in [2.05, 4.69) is 4.98 Å². The fourth-order valence-electron chi connectivity index (χ4n) is 1.57. The lowest BCUT2D eigenvalue weighted by atomic mass is 10.2. The fourth-order valence-corrected chi connectivity index (χ4v) is 1.72. The molecule has 19 heavy (non-hydrogen) atoms. The molecule has 0 aliphatic rings. The maximum absolute atomic E-state index is 5.64. The predicted octanol–water partition coefficient (Wildman–Crippen LogP) is 2.30. The molecule has 4 nitrogen and oxygen atoms in total. The van der Waals surface area contributed by atoms with Crippen LogP contribution in [0.1, 0.15) is 11.1 Å². The molecule has 0 radical (unpaired) electrons. The lowest BCUT2D eigenvalue weighted by Crippen LogP contribution is -2.12. The van der Waals surface area contributed by atoms with Crippen molar-refractivity contribution in [2.24, 2.45) is 5.73 Å². The molecule has 0 unspecified atom stereocenters. The zero-order valence-electron chi connectivity index (χ0n) is 10.5. The zero-order valence-corrected chi connectivity index (χ0v) is 11.3. The smallest absolute Gasteiger partial charge is 0.224 e. The van der Waals surface area contributed by atoms with Gasteiger partial charge < -0.3 is 15.2 Å². The van der Waals surface area contributed by atoms with E-state index in [4.69, 9.17) is 27.4 Å². The van der Waals surface area contributed by atoms with Gasteiger partial charge in [0.25, 0.3) is 0 Å². The summed E-state index contributed by atoms with van der Waals surface area (Å²) in [5.41, 5.74) is 7.27. The summed E-state index contributed by atoms with van der Waals surface area (Å²) in [5.74, 6) is 1.26. The van der Waals surface area contributed by atoms with Gasteiger partial charge in [-0.05, 0) is 29.8 Å². The molecule has 0 saturated heterocycles. The quantitative estimate of drug-likeness (QED) is 0.848. The van der Waals surface area contributed by atoms with E-state index in [1.807, 2.05) is 24.3 Å². The highest BCUT2D eigenvalue weighted by atomic mass is 32.1. The van der Waals surface area contributed by atoms with Crippen LogP contribution in [0.3, 0.4) is 0 Å². The van der Waals surface area contributed by atoms with Gasteiger partial charge in [-0.15, -0.1) is 0 Å². The van der Waals surface area contributed by atoms with Gasteiger partial charge in [0.15, 0.2) is 0 Å². The van der Waals surface area contributed by atoms with Gasteiger partial charge in [-0.3, -0.25) is 0 Å². The molecule has 2 aromatic rings. The van der Waals surface area contributed by atoms with Crippen LogP contribution in [-0.4, -0.2) is 17.1 Å². The minimum atomic E-state index is 0.276. The van der Waals surface area contributed by atoms with Gasteiger partial charge in [-0.1, -0.05) is 24.4 Å². The van der Waals surface area contributed by atoms with E-state index in [0.717, 1.165) is 11.3 Å². The summed E-state index contributed by atoms with van der Waals surface area (Å²) < 4.78 is 10.7. The first kappa shape index (κ1) is 13.3. The second-order valence-corrected chi connectivity index (χ2v) is 4.30. The average molecular weight is 274 g/mol. The molecule has 0 amide bonds. The summed E-state index contributed by atoms with van der Waals surface area (Å²) in [5, 5.41) is 0. The van der Waals surface area contributed by atoms with Crippen molar-refractivity contribution in [2.45, 2.75) is 6.61 Å². The summed E-state index contributed by atoms with van der Waals surface area (Å²) >= 11 is 4.95. The Morgan fingerprint density at radius 3 is 2.63 bits per heavy atom. The number of hydrogen-bond donors (Lipinski definition) is 1. The SMILES string of the molecule is COc1ccc(COc2ncccc2C(N)=S)cc1. The van der Waals surface area contributed by atoms with Crippen LogP contribution in [0.2, 0.25) is 0 Å². The third kappa shape index (κ3) is 3.42. The van der Waals surface area contributed by atoms with Crippen LogP contribution in [0.25, 0.3) is 0 Å². The number of benzene rings is 1. The molecule has 1 aromatic carbocycles. The van der Waals surface area contributed by atoms with Gasteiger partial charge in [-0.25, -0.2) is 4.98 Å². The molecule has 0 aliphatic heterocycles. The Kier molecular flexibility index (Phi) is 4.30. The molecule has 1 aromatic heterocycles. The molecule has 0 atom stereocenters. The Morgan fingerprint density at radius 2 is 2.00 bits per heavy atom. The lowest BCUT2D eigenvalue weighted by Gasteiger charge is -2.09. The van der Waals surface area contributed by atoms with E-state index in [-0.39, 0.29) is 4.99 Å². The van der Waals surface area contributed by atoms with E-state index in [1.54, 1.807) is 25.4 Å². The largest absolute Gasteiger partial charge is 0.497 e. The Balaban J connectivity index is 2.07. The second kappa shape index (κ2) is 6.15. The van der Waals surface area contributed by atoms with Gasteiger partial charge in [0, 0.05) is 6.20 Å². The number of nitrogens with zero attached hydrogens (tertiary/aromatic N) is 1. The average Bonchev–Trinajstić information content (AvgIpc) is 2.46. The Bertz CT molecular complexity index is 570. The molecule has 0 bridgehead atoms. The van der Waals surface area contributed by atoms with E-state index in [1.165, 1.54) is 0 Å². The molecule has 98 valence electrons. The van der Waals surface area contributed by atoms with Crippen molar-refractivity contribution in [1.82, 2.24) is 4.98 Å². The van der Waals surface area contributed by atoms with Crippen molar-refractivity contribution >= 4 is 17.2 Å². The van der Waals surface area contributed by atoms with Crippen LogP contribution in [0.15, 0.2) is 42.6 Å². The number of thiocarbonyl (C=S) groups is 1. The van der Waals surface area contributed by atoms with Crippen molar-refractivity contribution in [1.29, 1.82) is 0 Å².